The van der Waals surface area contributed by atoms with Crippen molar-refractivity contribution in [3.05, 3.63) is 29.8 Å². The average molecular weight is 178 g/mol. The van der Waals surface area contributed by atoms with Gasteiger partial charge in [0.15, 0.2) is 0 Å². The molecule has 2 nitrogen and oxygen atoms in total. The highest BCUT2D eigenvalue weighted by atomic mass is 15.2. The van der Waals surface area contributed by atoms with E-state index in [1.54, 1.807) is 4.90 Å². The molecule has 1 aliphatic rings. The van der Waals surface area contributed by atoms with Gasteiger partial charge < -0.3 is 5.32 Å². The van der Waals surface area contributed by atoms with Gasteiger partial charge in [0.05, 0.1) is 0 Å². The molecule has 0 amide bonds. The maximum absolute atomic E-state index is 2.40. The van der Waals surface area contributed by atoms with Gasteiger partial charge in [0.25, 0.3) is 0 Å². The Bertz CT molecular complexity index is 277. The van der Waals surface area contributed by atoms with Gasteiger partial charge in [0.1, 0.15) is 31.9 Å². The molecule has 0 bridgehead atoms. The normalized spacial score (nSPS) is 18.8. The third-order valence-corrected chi connectivity index (χ3v) is 2.83. The van der Waals surface area contributed by atoms with Crippen LogP contribution in [-0.2, 0) is 0 Å². The van der Waals surface area contributed by atoms with Crippen LogP contribution in [0.3, 0.4) is 0 Å². The van der Waals surface area contributed by atoms with Crippen molar-refractivity contribution >= 4 is 5.69 Å². The molecule has 3 N–H and O–H groups in total. The van der Waals surface area contributed by atoms with Crippen molar-refractivity contribution in [2.24, 2.45) is 0 Å². The zero-order valence-corrected chi connectivity index (χ0v) is 8.22. The van der Waals surface area contributed by atoms with Crippen LogP contribution in [0.4, 0.5) is 5.69 Å². The van der Waals surface area contributed by atoms with Crippen molar-refractivity contribution in [2.45, 2.75) is 6.92 Å². The molecule has 1 saturated heterocycles. The second-order valence-electron chi connectivity index (χ2n) is 3.78. The van der Waals surface area contributed by atoms with Crippen LogP contribution in [-0.4, -0.2) is 26.2 Å². The number of piperazine rings is 1. The van der Waals surface area contributed by atoms with Crippen molar-refractivity contribution < 1.29 is 10.2 Å². The summed E-state index contributed by atoms with van der Waals surface area (Å²) >= 11 is 0. The molecule has 2 rings (SSSR count). The van der Waals surface area contributed by atoms with Gasteiger partial charge in [-0.2, -0.15) is 0 Å². The zero-order chi connectivity index (χ0) is 9.10. The van der Waals surface area contributed by atoms with Gasteiger partial charge in [-0.05, 0) is 13.0 Å². The Morgan fingerprint density at radius 3 is 2.54 bits per heavy atom. The van der Waals surface area contributed by atoms with Crippen LogP contribution in [0.1, 0.15) is 5.56 Å². The Hall–Kier alpha value is -0.860. The van der Waals surface area contributed by atoms with E-state index in [-0.39, 0.29) is 0 Å². The number of quaternary nitrogens is 2. The molecule has 1 fully saturated rings. The standard InChI is InChI=1S/C11H16N2/c1-10-4-2-3-5-11(10)13-8-6-12-7-9-13/h2-5,12H,6-9H2,1H3/p+2. The fourth-order valence-electron chi connectivity index (χ4n) is 2.06. The summed E-state index contributed by atoms with van der Waals surface area (Å²) in [4.78, 5) is 1.65. The summed E-state index contributed by atoms with van der Waals surface area (Å²) in [5, 5.41) is 2.40. The van der Waals surface area contributed by atoms with Gasteiger partial charge >= 0.3 is 0 Å². The topological polar surface area (TPSA) is 21.1 Å². The monoisotopic (exact) mass is 178 g/mol. The van der Waals surface area contributed by atoms with Gasteiger partial charge in [-0.1, -0.05) is 18.2 Å². The second kappa shape index (κ2) is 3.90. The van der Waals surface area contributed by atoms with E-state index in [4.69, 9.17) is 0 Å². The number of hydrogen-bond donors (Lipinski definition) is 2. The maximum Gasteiger partial charge on any atom is 0.134 e. The highest BCUT2D eigenvalue weighted by Gasteiger charge is 2.18. The van der Waals surface area contributed by atoms with Crippen molar-refractivity contribution in [1.29, 1.82) is 0 Å². The Kier molecular flexibility index (Phi) is 2.62. The van der Waals surface area contributed by atoms with Crippen molar-refractivity contribution in [1.82, 2.24) is 0 Å². The lowest BCUT2D eigenvalue weighted by atomic mass is 10.1. The van der Waals surface area contributed by atoms with Crippen LogP contribution < -0.4 is 10.2 Å². The summed E-state index contributed by atoms with van der Waals surface area (Å²) in [6.45, 7) is 7.28. The number of nitrogens with one attached hydrogen (secondary N) is 1. The molecule has 2 heteroatoms. The van der Waals surface area contributed by atoms with Crippen LogP contribution in [0.5, 0.6) is 0 Å². The molecule has 0 saturated carbocycles. The lowest BCUT2D eigenvalue weighted by Gasteiger charge is -2.22. The summed E-state index contributed by atoms with van der Waals surface area (Å²) in [6.07, 6.45) is 0. The molecule has 0 unspecified atom stereocenters. The number of benzene rings is 1. The third-order valence-electron chi connectivity index (χ3n) is 2.83. The Morgan fingerprint density at radius 2 is 1.85 bits per heavy atom. The van der Waals surface area contributed by atoms with Crippen LogP contribution >= 0.6 is 0 Å². The van der Waals surface area contributed by atoms with E-state index in [9.17, 15) is 0 Å². The van der Waals surface area contributed by atoms with Crippen LogP contribution in [0, 0.1) is 6.92 Å². The first-order valence-corrected chi connectivity index (χ1v) is 5.10. The van der Waals surface area contributed by atoms with Crippen molar-refractivity contribution in [3.63, 3.8) is 0 Å². The molecule has 13 heavy (non-hydrogen) atoms. The average Bonchev–Trinajstić information content (AvgIpc) is 2.20. The predicted molar refractivity (Wildman–Crippen MR) is 53.2 cm³/mol. The van der Waals surface area contributed by atoms with E-state index >= 15 is 0 Å². The summed E-state index contributed by atoms with van der Waals surface area (Å²) in [7, 11) is 0. The molecule has 0 aliphatic carbocycles. The molecule has 1 heterocycles. The number of nitrogens with two attached hydrogens (primary N) is 1. The number of para-hydroxylation sites is 1. The Morgan fingerprint density at radius 1 is 1.15 bits per heavy atom. The van der Waals surface area contributed by atoms with Gasteiger partial charge in [-0.25, -0.2) is 0 Å². The molecule has 0 spiro atoms. The number of aryl methyl sites for hydroxylation is 1. The molecule has 0 radical (unpaired) electrons. The second-order valence-corrected chi connectivity index (χ2v) is 3.78. The molecule has 0 aromatic heterocycles. The minimum absolute atomic E-state index is 1.27. The first-order chi connectivity index (χ1) is 6.38. The van der Waals surface area contributed by atoms with Gasteiger partial charge in [-0.3, -0.25) is 4.90 Å². The molecule has 70 valence electrons. The third kappa shape index (κ3) is 1.90. The molecule has 0 atom stereocenters. The minimum atomic E-state index is 1.27. The van der Waals surface area contributed by atoms with E-state index < -0.39 is 0 Å². The highest BCUT2D eigenvalue weighted by molar-refractivity contribution is 5.38. The van der Waals surface area contributed by atoms with Crippen LogP contribution in [0.15, 0.2) is 24.3 Å². The lowest BCUT2D eigenvalue weighted by Crippen LogP contribution is -3.17. The smallest absolute Gasteiger partial charge is 0.134 e. The van der Waals surface area contributed by atoms with Crippen molar-refractivity contribution in [3.8, 4) is 0 Å². The first-order valence-electron chi connectivity index (χ1n) is 5.10. The summed E-state index contributed by atoms with van der Waals surface area (Å²) < 4.78 is 0. The molecule has 1 aliphatic heterocycles. The number of hydrogen-bond acceptors (Lipinski definition) is 0. The molecule has 1 aromatic carbocycles. The minimum Gasteiger partial charge on any atom is -0.337 e. The van der Waals surface area contributed by atoms with Crippen LogP contribution in [0.25, 0.3) is 0 Å². The first kappa shape index (κ1) is 8.73. The number of rotatable bonds is 1. The van der Waals surface area contributed by atoms with Gasteiger partial charge in [0, 0.05) is 5.56 Å². The lowest BCUT2D eigenvalue weighted by molar-refractivity contribution is -0.895. The zero-order valence-electron chi connectivity index (χ0n) is 8.22. The molecular formula is C11H18N2+2. The fourth-order valence-corrected chi connectivity index (χ4v) is 2.06. The largest absolute Gasteiger partial charge is 0.337 e. The predicted octanol–water partition coefficient (Wildman–Crippen LogP) is -0.912. The van der Waals surface area contributed by atoms with Crippen LogP contribution in [0.2, 0.25) is 0 Å². The van der Waals surface area contributed by atoms with E-state index in [2.05, 4.69) is 36.5 Å². The van der Waals surface area contributed by atoms with E-state index in [1.165, 1.54) is 37.4 Å². The highest BCUT2D eigenvalue weighted by Crippen LogP contribution is 2.07. The summed E-state index contributed by atoms with van der Waals surface area (Å²) in [5.74, 6) is 0. The maximum atomic E-state index is 2.40. The van der Waals surface area contributed by atoms with E-state index in [1.807, 2.05) is 0 Å². The van der Waals surface area contributed by atoms with E-state index in [0.717, 1.165) is 0 Å². The Labute approximate surface area is 79.6 Å². The van der Waals surface area contributed by atoms with Gasteiger partial charge in [-0.15, -0.1) is 0 Å². The molecule has 1 aromatic rings. The van der Waals surface area contributed by atoms with E-state index in [0.29, 0.717) is 0 Å². The van der Waals surface area contributed by atoms with Gasteiger partial charge in [0.2, 0.25) is 0 Å². The quantitative estimate of drug-likeness (QED) is 0.555. The Balaban J connectivity index is 2.18. The summed E-state index contributed by atoms with van der Waals surface area (Å²) in [6, 6.07) is 8.73. The fraction of sp³-hybridized carbons (Fsp3) is 0.455. The summed E-state index contributed by atoms with van der Waals surface area (Å²) in [5.41, 5.74) is 2.93. The molecular weight excluding hydrogens is 160 g/mol. The van der Waals surface area contributed by atoms with Crippen molar-refractivity contribution in [2.75, 3.05) is 26.2 Å². The SMILES string of the molecule is Cc1ccccc1[NH+]1CC[NH2+]CC1.